The van der Waals surface area contributed by atoms with Gasteiger partial charge in [-0.2, -0.15) is 0 Å². The van der Waals surface area contributed by atoms with Crippen molar-refractivity contribution in [3.8, 4) is 11.5 Å². The lowest BCUT2D eigenvalue weighted by Crippen LogP contribution is -2.33. The molecule has 1 rings (SSSR count). The lowest BCUT2D eigenvalue weighted by atomic mass is 10.1. The second-order valence-corrected chi connectivity index (χ2v) is 16.2. The number of carbonyl (C=O) groups is 1. The lowest BCUT2D eigenvalue weighted by molar-refractivity contribution is -0.133. The third-order valence-corrected chi connectivity index (χ3v) is 4.37. The summed E-state index contributed by atoms with van der Waals surface area (Å²) in [5.74, 6) is 0.930. The minimum Gasteiger partial charge on any atom is -0.539 e. The average molecular weight is 369 g/mol. The van der Waals surface area contributed by atoms with E-state index in [1.165, 1.54) is 0 Å². The monoisotopic (exact) mass is 368 g/mol. The zero-order valence-corrected chi connectivity index (χ0v) is 17.9. The van der Waals surface area contributed by atoms with Crippen molar-refractivity contribution >= 4 is 28.7 Å². The van der Waals surface area contributed by atoms with Gasteiger partial charge in [0.25, 0.3) is 0 Å². The van der Waals surface area contributed by atoms with E-state index in [9.17, 15) is 4.79 Å². The van der Waals surface area contributed by atoms with Crippen molar-refractivity contribution < 1.29 is 23.1 Å². The maximum atomic E-state index is 12.6. The Morgan fingerprint density at radius 2 is 1.50 bits per heavy atom. The first-order valence-corrected chi connectivity index (χ1v) is 14.6. The molecule has 7 heteroatoms. The van der Waals surface area contributed by atoms with Gasteiger partial charge in [-0.3, -0.25) is 0 Å². The molecule has 0 aliphatic heterocycles. The number of hydrogen-bond donors (Lipinski definition) is 0. The molecule has 0 spiro atoms. The highest BCUT2D eigenvalue weighted by atomic mass is 28.4. The molecule has 0 saturated heterocycles. The smallest absolute Gasteiger partial charge is 0.358 e. The Morgan fingerprint density at radius 1 is 0.917 bits per heavy atom. The molecule has 0 bridgehead atoms. The van der Waals surface area contributed by atoms with Crippen LogP contribution >= 0.6 is 0 Å². The third kappa shape index (κ3) is 6.41. The standard InChI is InChI=1S/C17H28O5Si2/c1-19-14-11-9-10-13(16(14)20-2)12-15(21-23(3,4)5)17(18)22-24(6,7)8/h9-12H,1-8H3/b15-12+. The highest BCUT2D eigenvalue weighted by Gasteiger charge is 2.28. The summed E-state index contributed by atoms with van der Waals surface area (Å²) in [6, 6.07) is 5.48. The molecule has 0 saturated carbocycles. The Kier molecular flexibility index (Phi) is 6.68. The van der Waals surface area contributed by atoms with E-state index in [0.717, 1.165) is 0 Å². The molecular formula is C17H28O5Si2. The largest absolute Gasteiger partial charge is 0.539 e. The van der Waals surface area contributed by atoms with Crippen LogP contribution in [-0.2, 0) is 13.6 Å². The Hall–Kier alpha value is -1.74. The van der Waals surface area contributed by atoms with Crippen LogP contribution in [0.1, 0.15) is 5.56 Å². The fourth-order valence-electron chi connectivity index (χ4n) is 1.96. The molecule has 0 radical (unpaired) electrons. The molecule has 0 aliphatic carbocycles. The lowest BCUT2D eigenvalue weighted by Gasteiger charge is -2.24. The summed E-state index contributed by atoms with van der Waals surface area (Å²) < 4.78 is 22.3. The van der Waals surface area contributed by atoms with Gasteiger partial charge in [0.05, 0.1) is 14.2 Å². The normalized spacial score (nSPS) is 12.6. The summed E-state index contributed by atoms with van der Waals surface area (Å²) >= 11 is 0. The summed E-state index contributed by atoms with van der Waals surface area (Å²) in [5, 5.41) is 0. The molecule has 0 heterocycles. The number of benzene rings is 1. The van der Waals surface area contributed by atoms with Crippen LogP contribution in [0, 0.1) is 0 Å². The minimum atomic E-state index is -2.03. The van der Waals surface area contributed by atoms with Gasteiger partial charge in [-0.25, -0.2) is 4.79 Å². The summed E-state index contributed by atoms with van der Waals surface area (Å²) in [4.78, 5) is 12.6. The molecule has 134 valence electrons. The fourth-order valence-corrected chi connectivity index (χ4v) is 3.41. The van der Waals surface area contributed by atoms with Crippen molar-refractivity contribution in [3.05, 3.63) is 29.5 Å². The topological polar surface area (TPSA) is 54.0 Å². The van der Waals surface area contributed by atoms with Gasteiger partial charge in [0.15, 0.2) is 17.3 Å². The molecule has 0 N–H and O–H groups in total. The Balaban J connectivity index is 3.34. The number of hydrogen-bond acceptors (Lipinski definition) is 5. The first-order chi connectivity index (χ1) is 11.0. The van der Waals surface area contributed by atoms with Gasteiger partial charge in [0.2, 0.25) is 16.6 Å². The fraction of sp³-hybridized carbons (Fsp3) is 0.471. The predicted octanol–water partition coefficient (Wildman–Crippen LogP) is 4.27. The summed E-state index contributed by atoms with van der Waals surface area (Å²) in [6.45, 7) is 11.9. The maximum Gasteiger partial charge on any atom is 0.358 e. The second kappa shape index (κ2) is 7.89. The van der Waals surface area contributed by atoms with Crippen LogP contribution in [0.25, 0.3) is 6.08 Å². The SMILES string of the molecule is COc1cccc(/C=C(/O[Si](C)(C)C)C(=O)O[Si](C)(C)C)c1OC. The van der Waals surface area contributed by atoms with Gasteiger partial charge >= 0.3 is 5.97 Å². The van der Waals surface area contributed by atoms with Gasteiger partial charge in [0, 0.05) is 5.56 Å². The number of carbonyl (C=O) groups excluding carboxylic acids is 1. The highest BCUT2D eigenvalue weighted by Crippen LogP contribution is 2.32. The van der Waals surface area contributed by atoms with Gasteiger partial charge in [-0.15, -0.1) is 0 Å². The first kappa shape index (κ1) is 20.3. The summed E-state index contributed by atoms with van der Waals surface area (Å²) in [5.41, 5.74) is 0.706. The van der Waals surface area contributed by atoms with Gasteiger partial charge in [0.1, 0.15) is 0 Å². The zero-order valence-electron chi connectivity index (χ0n) is 15.9. The Bertz CT molecular complexity index is 612. The van der Waals surface area contributed by atoms with E-state index in [0.29, 0.717) is 17.1 Å². The quantitative estimate of drug-likeness (QED) is 0.408. The van der Waals surface area contributed by atoms with E-state index in [-0.39, 0.29) is 5.76 Å². The zero-order chi connectivity index (χ0) is 18.5. The van der Waals surface area contributed by atoms with Crippen molar-refractivity contribution in [1.29, 1.82) is 0 Å². The predicted molar refractivity (Wildman–Crippen MR) is 101 cm³/mol. The molecular weight excluding hydrogens is 340 g/mol. The molecule has 0 unspecified atom stereocenters. The first-order valence-electron chi connectivity index (χ1n) is 7.82. The Labute approximate surface area is 146 Å². The summed E-state index contributed by atoms with van der Waals surface area (Å²) in [6.07, 6.45) is 1.67. The molecule has 1 aromatic carbocycles. The minimum absolute atomic E-state index is 0.211. The van der Waals surface area contributed by atoms with Crippen LogP contribution in [0.15, 0.2) is 24.0 Å². The maximum absolute atomic E-state index is 12.6. The van der Waals surface area contributed by atoms with Crippen LogP contribution in [0.4, 0.5) is 0 Å². The molecule has 24 heavy (non-hydrogen) atoms. The van der Waals surface area contributed by atoms with Crippen molar-refractivity contribution in [3.63, 3.8) is 0 Å². The van der Waals surface area contributed by atoms with Crippen molar-refractivity contribution in [2.75, 3.05) is 14.2 Å². The van der Waals surface area contributed by atoms with E-state index in [1.807, 2.05) is 51.4 Å². The molecule has 5 nitrogen and oxygen atoms in total. The number of rotatable bonds is 7. The van der Waals surface area contributed by atoms with Crippen molar-refractivity contribution in [2.24, 2.45) is 0 Å². The van der Waals surface area contributed by atoms with E-state index in [4.69, 9.17) is 18.3 Å². The number of methoxy groups -OCH3 is 2. The molecule has 1 aromatic rings. The van der Waals surface area contributed by atoms with Gasteiger partial charge in [-0.05, 0) is 51.4 Å². The Morgan fingerprint density at radius 3 is 1.96 bits per heavy atom. The van der Waals surface area contributed by atoms with E-state index in [1.54, 1.807) is 26.4 Å². The highest BCUT2D eigenvalue weighted by molar-refractivity contribution is 6.72. The van der Waals surface area contributed by atoms with E-state index in [2.05, 4.69) is 0 Å². The molecule has 0 amide bonds. The number of ether oxygens (including phenoxy) is 2. The third-order valence-electron chi connectivity index (χ3n) is 2.74. The molecule has 0 aromatic heterocycles. The molecule has 0 fully saturated rings. The van der Waals surface area contributed by atoms with Crippen LogP contribution in [-0.4, -0.2) is 36.8 Å². The van der Waals surface area contributed by atoms with Crippen LogP contribution < -0.4 is 9.47 Å². The van der Waals surface area contributed by atoms with Gasteiger partial charge < -0.3 is 18.3 Å². The second-order valence-electron chi connectivity index (χ2n) is 7.31. The van der Waals surface area contributed by atoms with Crippen molar-refractivity contribution in [2.45, 2.75) is 39.3 Å². The average Bonchev–Trinajstić information content (AvgIpc) is 2.42. The van der Waals surface area contributed by atoms with Crippen LogP contribution in [0.2, 0.25) is 39.3 Å². The van der Waals surface area contributed by atoms with Crippen molar-refractivity contribution in [1.82, 2.24) is 0 Å². The van der Waals surface area contributed by atoms with E-state index >= 15 is 0 Å². The van der Waals surface area contributed by atoms with Crippen LogP contribution in [0.5, 0.6) is 11.5 Å². The summed E-state index contributed by atoms with van der Waals surface area (Å²) in [7, 11) is -0.876. The molecule has 0 atom stereocenters. The van der Waals surface area contributed by atoms with E-state index < -0.39 is 22.6 Å². The van der Waals surface area contributed by atoms with Crippen LogP contribution in [0.3, 0.4) is 0 Å². The molecule has 0 aliphatic rings. The van der Waals surface area contributed by atoms with Gasteiger partial charge in [-0.1, -0.05) is 12.1 Å². The number of para-hydroxylation sites is 1.